The lowest BCUT2D eigenvalue weighted by atomic mass is 10.1. The van der Waals surface area contributed by atoms with Crippen LogP contribution in [0.2, 0.25) is 5.15 Å². The summed E-state index contributed by atoms with van der Waals surface area (Å²) < 4.78 is 0. The summed E-state index contributed by atoms with van der Waals surface area (Å²) >= 11 is 5.99. The van der Waals surface area contributed by atoms with Crippen LogP contribution in [-0.4, -0.2) is 28.5 Å². The van der Waals surface area contributed by atoms with E-state index in [1.807, 2.05) is 6.92 Å². The standard InChI is InChI=1S/C11H15ClN4O/c1-2-7-9(12)14-6-15-10(7)16-8-4-3-5-13-11(8)17/h6,8H,2-5H2,1H3,(H,13,17)(H,14,15,16). The Kier molecular flexibility index (Phi) is 3.78. The van der Waals surface area contributed by atoms with Crippen LogP contribution >= 0.6 is 11.6 Å². The number of halogens is 1. The fraction of sp³-hybridized carbons (Fsp3) is 0.545. The monoisotopic (exact) mass is 254 g/mol. The largest absolute Gasteiger partial charge is 0.358 e. The van der Waals surface area contributed by atoms with Gasteiger partial charge in [-0.25, -0.2) is 9.97 Å². The molecule has 1 aliphatic rings. The summed E-state index contributed by atoms with van der Waals surface area (Å²) in [5.41, 5.74) is 0.854. The van der Waals surface area contributed by atoms with Gasteiger partial charge >= 0.3 is 0 Å². The van der Waals surface area contributed by atoms with Gasteiger partial charge in [0, 0.05) is 12.1 Å². The number of amides is 1. The molecule has 6 heteroatoms. The van der Waals surface area contributed by atoms with Crippen LogP contribution in [0.1, 0.15) is 25.3 Å². The minimum Gasteiger partial charge on any atom is -0.358 e. The fourth-order valence-corrected chi connectivity index (χ4v) is 2.17. The van der Waals surface area contributed by atoms with E-state index in [1.165, 1.54) is 6.33 Å². The second kappa shape index (κ2) is 5.31. The summed E-state index contributed by atoms with van der Waals surface area (Å²) in [6.07, 6.45) is 3.93. The summed E-state index contributed by atoms with van der Waals surface area (Å²) in [7, 11) is 0. The Hall–Kier alpha value is -1.36. The highest BCUT2D eigenvalue weighted by atomic mass is 35.5. The van der Waals surface area contributed by atoms with Crippen LogP contribution in [0.15, 0.2) is 6.33 Å². The average Bonchev–Trinajstić information content (AvgIpc) is 2.32. The van der Waals surface area contributed by atoms with E-state index in [4.69, 9.17) is 11.6 Å². The highest BCUT2D eigenvalue weighted by molar-refractivity contribution is 6.30. The van der Waals surface area contributed by atoms with Crippen molar-refractivity contribution in [2.45, 2.75) is 32.2 Å². The molecule has 0 aliphatic carbocycles. The predicted octanol–water partition coefficient (Wildman–Crippen LogP) is 1.38. The van der Waals surface area contributed by atoms with Crippen molar-refractivity contribution < 1.29 is 4.79 Å². The van der Waals surface area contributed by atoms with Crippen LogP contribution in [0.4, 0.5) is 5.82 Å². The smallest absolute Gasteiger partial charge is 0.242 e. The zero-order valence-corrected chi connectivity index (χ0v) is 10.4. The summed E-state index contributed by atoms with van der Waals surface area (Å²) in [5, 5.41) is 6.42. The van der Waals surface area contributed by atoms with Crippen molar-refractivity contribution in [1.29, 1.82) is 0 Å². The first-order valence-electron chi connectivity index (χ1n) is 5.76. The molecule has 1 aliphatic heterocycles. The average molecular weight is 255 g/mol. The van der Waals surface area contributed by atoms with E-state index in [1.54, 1.807) is 0 Å². The lowest BCUT2D eigenvalue weighted by Gasteiger charge is -2.24. The van der Waals surface area contributed by atoms with E-state index in [0.717, 1.165) is 31.4 Å². The van der Waals surface area contributed by atoms with Crippen molar-refractivity contribution in [3.63, 3.8) is 0 Å². The van der Waals surface area contributed by atoms with Crippen molar-refractivity contribution in [2.24, 2.45) is 0 Å². The molecule has 0 bridgehead atoms. The molecule has 1 amide bonds. The molecular formula is C11H15ClN4O. The van der Waals surface area contributed by atoms with E-state index in [2.05, 4.69) is 20.6 Å². The van der Waals surface area contributed by atoms with E-state index >= 15 is 0 Å². The van der Waals surface area contributed by atoms with E-state index in [-0.39, 0.29) is 11.9 Å². The van der Waals surface area contributed by atoms with E-state index in [0.29, 0.717) is 11.0 Å². The molecule has 2 heterocycles. The van der Waals surface area contributed by atoms with Crippen molar-refractivity contribution in [3.8, 4) is 0 Å². The Balaban J connectivity index is 2.17. The molecule has 1 fully saturated rings. The van der Waals surface area contributed by atoms with Gasteiger partial charge in [-0.05, 0) is 19.3 Å². The number of hydrogen-bond acceptors (Lipinski definition) is 4. The number of rotatable bonds is 3. The van der Waals surface area contributed by atoms with E-state index in [9.17, 15) is 4.79 Å². The van der Waals surface area contributed by atoms with Crippen molar-refractivity contribution >= 4 is 23.3 Å². The summed E-state index contributed by atoms with van der Waals surface area (Å²) in [5.74, 6) is 0.683. The maximum Gasteiger partial charge on any atom is 0.242 e. The maximum atomic E-state index is 11.6. The number of nitrogens with zero attached hydrogens (tertiary/aromatic N) is 2. The molecule has 1 atom stereocenters. The van der Waals surface area contributed by atoms with Gasteiger partial charge in [-0.15, -0.1) is 0 Å². The number of aromatic nitrogens is 2. The van der Waals surface area contributed by atoms with Crippen LogP contribution < -0.4 is 10.6 Å². The molecule has 5 nitrogen and oxygen atoms in total. The summed E-state index contributed by atoms with van der Waals surface area (Å²) in [6, 6.07) is -0.222. The maximum absolute atomic E-state index is 11.6. The minimum atomic E-state index is -0.222. The first kappa shape index (κ1) is 12.1. The molecule has 0 spiro atoms. The molecular weight excluding hydrogens is 240 g/mol. The lowest BCUT2D eigenvalue weighted by molar-refractivity contribution is -0.123. The molecule has 2 N–H and O–H groups in total. The Morgan fingerprint density at radius 2 is 2.41 bits per heavy atom. The number of hydrogen-bond donors (Lipinski definition) is 2. The van der Waals surface area contributed by atoms with Gasteiger partial charge in [-0.1, -0.05) is 18.5 Å². The van der Waals surface area contributed by atoms with Gasteiger partial charge in [0.05, 0.1) is 0 Å². The first-order valence-corrected chi connectivity index (χ1v) is 6.13. The molecule has 1 aromatic heterocycles. The third-order valence-corrected chi connectivity index (χ3v) is 3.17. The second-order valence-corrected chi connectivity index (χ2v) is 4.33. The molecule has 17 heavy (non-hydrogen) atoms. The topological polar surface area (TPSA) is 66.9 Å². The van der Waals surface area contributed by atoms with Gasteiger partial charge < -0.3 is 10.6 Å². The first-order chi connectivity index (χ1) is 8.22. The minimum absolute atomic E-state index is 0.0213. The highest BCUT2D eigenvalue weighted by Gasteiger charge is 2.23. The van der Waals surface area contributed by atoms with Crippen molar-refractivity contribution in [2.75, 3.05) is 11.9 Å². The molecule has 0 radical (unpaired) electrons. The van der Waals surface area contributed by atoms with Crippen LogP contribution in [0.3, 0.4) is 0 Å². The number of anilines is 1. The normalized spacial score (nSPS) is 19.9. The quantitative estimate of drug-likeness (QED) is 0.800. The Labute approximate surface area is 105 Å². The zero-order chi connectivity index (χ0) is 12.3. The zero-order valence-electron chi connectivity index (χ0n) is 9.66. The third-order valence-electron chi connectivity index (χ3n) is 2.84. The van der Waals surface area contributed by atoms with Crippen molar-refractivity contribution in [1.82, 2.24) is 15.3 Å². The molecule has 2 rings (SSSR count). The van der Waals surface area contributed by atoms with Gasteiger partial charge in [0.15, 0.2) is 0 Å². The Bertz CT molecular complexity index is 424. The van der Waals surface area contributed by atoms with Gasteiger partial charge in [-0.3, -0.25) is 4.79 Å². The summed E-state index contributed by atoms with van der Waals surface area (Å²) in [4.78, 5) is 19.7. The molecule has 1 unspecified atom stereocenters. The predicted molar refractivity (Wildman–Crippen MR) is 66.1 cm³/mol. The van der Waals surface area contributed by atoms with Crippen LogP contribution in [0.25, 0.3) is 0 Å². The Morgan fingerprint density at radius 3 is 3.12 bits per heavy atom. The fourth-order valence-electron chi connectivity index (χ4n) is 1.90. The van der Waals surface area contributed by atoms with Gasteiger partial charge in [-0.2, -0.15) is 0 Å². The molecule has 1 saturated heterocycles. The lowest BCUT2D eigenvalue weighted by Crippen LogP contribution is -2.44. The van der Waals surface area contributed by atoms with Crippen LogP contribution in [0.5, 0.6) is 0 Å². The molecule has 92 valence electrons. The van der Waals surface area contributed by atoms with Crippen LogP contribution in [-0.2, 0) is 11.2 Å². The van der Waals surface area contributed by atoms with E-state index < -0.39 is 0 Å². The third kappa shape index (κ3) is 2.66. The number of piperidine rings is 1. The van der Waals surface area contributed by atoms with Crippen LogP contribution in [0, 0.1) is 0 Å². The Morgan fingerprint density at radius 1 is 1.59 bits per heavy atom. The number of carbonyl (C=O) groups excluding carboxylic acids is 1. The molecule has 0 aromatic carbocycles. The molecule has 1 aromatic rings. The van der Waals surface area contributed by atoms with Gasteiger partial charge in [0.2, 0.25) is 5.91 Å². The van der Waals surface area contributed by atoms with Gasteiger partial charge in [0.25, 0.3) is 0 Å². The number of carbonyl (C=O) groups is 1. The summed E-state index contributed by atoms with van der Waals surface area (Å²) in [6.45, 7) is 2.73. The van der Waals surface area contributed by atoms with Gasteiger partial charge in [0.1, 0.15) is 23.3 Å². The van der Waals surface area contributed by atoms with Crippen molar-refractivity contribution in [3.05, 3.63) is 17.0 Å². The number of nitrogens with one attached hydrogen (secondary N) is 2. The molecule has 0 saturated carbocycles. The highest BCUT2D eigenvalue weighted by Crippen LogP contribution is 2.21. The second-order valence-electron chi connectivity index (χ2n) is 3.98. The SMILES string of the molecule is CCc1c(Cl)ncnc1NC1CCCNC1=O.